The van der Waals surface area contributed by atoms with E-state index in [1.165, 1.54) is 25.6 Å². The summed E-state index contributed by atoms with van der Waals surface area (Å²) >= 11 is 1.48. The van der Waals surface area contributed by atoms with Crippen LogP contribution < -0.4 is 4.74 Å². The molecule has 0 bridgehead atoms. The summed E-state index contributed by atoms with van der Waals surface area (Å²) in [6, 6.07) is 3.40. The minimum absolute atomic E-state index is 0.135. The lowest BCUT2D eigenvalue weighted by atomic mass is 10.1. The van der Waals surface area contributed by atoms with Crippen LogP contribution in [0.3, 0.4) is 0 Å². The lowest BCUT2D eigenvalue weighted by molar-refractivity contribution is -0.141. The maximum Gasteiger partial charge on any atom is 0.305 e. The van der Waals surface area contributed by atoms with Gasteiger partial charge in [0.25, 0.3) is 0 Å². The monoisotopic (exact) mass is 310 g/mol. The molecule has 0 aliphatic heterocycles. The van der Waals surface area contributed by atoms with E-state index in [1.807, 2.05) is 0 Å². The number of fused-ring (bicyclic) bond motifs is 1. The van der Waals surface area contributed by atoms with E-state index in [9.17, 15) is 14.3 Å². The lowest BCUT2D eigenvalue weighted by Crippen LogP contribution is -2.01. The van der Waals surface area contributed by atoms with Gasteiger partial charge in [0.05, 0.1) is 14.2 Å². The highest BCUT2D eigenvalue weighted by atomic mass is 32.1. The first kappa shape index (κ1) is 14.1. The van der Waals surface area contributed by atoms with Crippen molar-refractivity contribution < 1.29 is 23.8 Å². The predicted octanol–water partition coefficient (Wildman–Crippen LogP) is 3.42. The van der Waals surface area contributed by atoms with E-state index in [4.69, 9.17) is 4.74 Å². The maximum absolute atomic E-state index is 14.1. The number of hydrogen-bond acceptors (Lipinski definition) is 5. The third-order valence-corrected chi connectivity index (χ3v) is 5.10. The number of phenolic OH excluding ortho intramolecular Hbond substituents is 1. The summed E-state index contributed by atoms with van der Waals surface area (Å²) in [5.74, 6) is -0.657. The van der Waals surface area contributed by atoms with Crippen LogP contribution >= 0.6 is 11.3 Å². The highest BCUT2D eigenvalue weighted by molar-refractivity contribution is 7.19. The Balaban J connectivity index is 1.89. The fourth-order valence-electron chi connectivity index (χ4n) is 2.58. The van der Waals surface area contributed by atoms with Crippen LogP contribution in [0.2, 0.25) is 0 Å². The summed E-state index contributed by atoms with van der Waals surface area (Å²) in [4.78, 5) is 12.3. The molecule has 1 aromatic heterocycles. The molecule has 1 heterocycles. The number of carbonyl (C=O) groups is 1. The second-order valence-corrected chi connectivity index (χ2v) is 6.30. The Hall–Kier alpha value is -1.82. The van der Waals surface area contributed by atoms with Crippen molar-refractivity contribution in [1.82, 2.24) is 0 Å². The number of esters is 1. The smallest absolute Gasteiger partial charge is 0.305 e. The number of phenols is 1. The van der Waals surface area contributed by atoms with Gasteiger partial charge in [0.1, 0.15) is 0 Å². The number of methoxy groups -OCH3 is 2. The average Bonchev–Trinajstić information content (AvgIpc) is 3.10. The molecule has 6 heteroatoms. The molecule has 0 amide bonds. The SMILES string of the molecule is COC(=O)CC1CC1c1cc2c(F)c(O)c(OC)cc2s1. The number of benzene rings is 1. The van der Waals surface area contributed by atoms with Crippen LogP contribution in [0.25, 0.3) is 10.1 Å². The molecule has 0 saturated heterocycles. The van der Waals surface area contributed by atoms with Crippen molar-refractivity contribution in [1.29, 1.82) is 0 Å². The van der Waals surface area contributed by atoms with Crippen LogP contribution in [0.5, 0.6) is 11.5 Å². The molecule has 1 aromatic carbocycles. The summed E-state index contributed by atoms with van der Waals surface area (Å²) in [5, 5.41) is 10.1. The first-order valence-corrected chi connectivity index (χ1v) is 7.42. The second-order valence-electron chi connectivity index (χ2n) is 5.18. The highest BCUT2D eigenvalue weighted by Gasteiger charge is 2.41. The van der Waals surface area contributed by atoms with Crippen molar-refractivity contribution in [2.45, 2.75) is 18.8 Å². The molecule has 0 spiro atoms. The zero-order chi connectivity index (χ0) is 15.1. The van der Waals surface area contributed by atoms with Crippen molar-refractivity contribution in [3.05, 3.63) is 22.8 Å². The molecule has 0 radical (unpaired) electrons. The Morgan fingerprint density at radius 3 is 2.90 bits per heavy atom. The topological polar surface area (TPSA) is 55.8 Å². The number of hydrogen-bond donors (Lipinski definition) is 1. The molecule has 1 aliphatic rings. The lowest BCUT2D eigenvalue weighted by Gasteiger charge is -2.04. The van der Waals surface area contributed by atoms with Gasteiger partial charge in [0, 0.05) is 27.5 Å². The largest absolute Gasteiger partial charge is 0.502 e. The first-order valence-electron chi connectivity index (χ1n) is 6.60. The summed E-state index contributed by atoms with van der Waals surface area (Å²) in [7, 11) is 2.77. The first-order chi connectivity index (χ1) is 10.0. The van der Waals surface area contributed by atoms with Crippen LogP contribution in [0.4, 0.5) is 4.39 Å². The molecule has 1 N–H and O–H groups in total. The van der Waals surface area contributed by atoms with E-state index < -0.39 is 11.6 Å². The van der Waals surface area contributed by atoms with Crippen molar-refractivity contribution in [3.63, 3.8) is 0 Å². The van der Waals surface area contributed by atoms with Crippen molar-refractivity contribution in [3.8, 4) is 11.5 Å². The molecule has 4 nitrogen and oxygen atoms in total. The molecular formula is C15H15FO4S. The molecule has 112 valence electrons. The maximum atomic E-state index is 14.1. The minimum atomic E-state index is -0.656. The van der Waals surface area contributed by atoms with E-state index in [1.54, 1.807) is 12.1 Å². The third-order valence-electron chi connectivity index (χ3n) is 3.88. The van der Waals surface area contributed by atoms with E-state index in [0.717, 1.165) is 16.0 Å². The Morgan fingerprint density at radius 1 is 1.48 bits per heavy atom. The molecule has 1 saturated carbocycles. The Kier molecular flexibility index (Phi) is 3.49. The minimum Gasteiger partial charge on any atom is -0.502 e. The molecule has 1 aliphatic carbocycles. The number of rotatable bonds is 4. The summed E-state index contributed by atoms with van der Waals surface area (Å²) < 4.78 is 24.5. The van der Waals surface area contributed by atoms with Crippen LogP contribution in [0.1, 0.15) is 23.6 Å². The zero-order valence-corrected chi connectivity index (χ0v) is 12.5. The van der Waals surface area contributed by atoms with Gasteiger partial charge in [-0.1, -0.05) is 0 Å². The second kappa shape index (κ2) is 5.18. The van der Waals surface area contributed by atoms with Gasteiger partial charge in [-0.25, -0.2) is 4.39 Å². The normalized spacial score (nSPS) is 20.5. The van der Waals surface area contributed by atoms with Crippen molar-refractivity contribution in [2.75, 3.05) is 14.2 Å². The predicted molar refractivity (Wildman–Crippen MR) is 77.5 cm³/mol. The van der Waals surface area contributed by atoms with Gasteiger partial charge in [-0.2, -0.15) is 0 Å². The van der Waals surface area contributed by atoms with E-state index in [-0.39, 0.29) is 23.6 Å². The molecule has 1 fully saturated rings. The van der Waals surface area contributed by atoms with Gasteiger partial charge in [-0.3, -0.25) is 4.79 Å². The van der Waals surface area contributed by atoms with Gasteiger partial charge in [0.15, 0.2) is 17.3 Å². The van der Waals surface area contributed by atoms with Crippen LogP contribution in [-0.2, 0) is 9.53 Å². The summed E-state index contributed by atoms with van der Waals surface area (Å²) in [5.41, 5.74) is 0. The molecule has 21 heavy (non-hydrogen) atoms. The molecule has 2 aromatic rings. The number of aromatic hydroxyl groups is 1. The summed E-state index contributed by atoms with van der Waals surface area (Å²) in [6.07, 6.45) is 1.30. The molecule has 2 unspecified atom stereocenters. The number of thiophene rings is 1. The number of halogens is 1. The fraction of sp³-hybridized carbons (Fsp3) is 0.400. The molecular weight excluding hydrogens is 295 g/mol. The highest BCUT2D eigenvalue weighted by Crippen LogP contribution is 2.53. The standard InChI is InChI=1S/C15H15FO4S/c1-19-10-6-12-9(14(16)15(10)18)5-11(21-12)8-3-7(8)4-13(17)20-2/h5-8,18H,3-4H2,1-2H3. The van der Waals surface area contributed by atoms with Gasteiger partial charge in [-0.05, 0) is 24.3 Å². The third kappa shape index (κ3) is 2.44. The number of ether oxygens (including phenoxy) is 2. The van der Waals surface area contributed by atoms with Gasteiger partial charge >= 0.3 is 5.97 Å². The van der Waals surface area contributed by atoms with E-state index >= 15 is 0 Å². The van der Waals surface area contributed by atoms with Gasteiger partial charge in [-0.15, -0.1) is 11.3 Å². The van der Waals surface area contributed by atoms with Gasteiger partial charge in [0.2, 0.25) is 0 Å². The Morgan fingerprint density at radius 2 is 2.24 bits per heavy atom. The van der Waals surface area contributed by atoms with Crippen LogP contribution in [0, 0.1) is 11.7 Å². The quantitative estimate of drug-likeness (QED) is 0.879. The Bertz CT molecular complexity index is 709. The fourth-order valence-corrected chi connectivity index (χ4v) is 3.88. The summed E-state index contributed by atoms with van der Waals surface area (Å²) in [6.45, 7) is 0. The average molecular weight is 310 g/mol. The van der Waals surface area contributed by atoms with Crippen molar-refractivity contribution >= 4 is 27.4 Å². The van der Waals surface area contributed by atoms with E-state index in [2.05, 4.69) is 4.74 Å². The van der Waals surface area contributed by atoms with E-state index in [0.29, 0.717) is 11.8 Å². The number of carbonyl (C=O) groups excluding carboxylic acids is 1. The van der Waals surface area contributed by atoms with Gasteiger partial charge < -0.3 is 14.6 Å². The van der Waals surface area contributed by atoms with Crippen molar-refractivity contribution in [2.24, 2.45) is 5.92 Å². The zero-order valence-electron chi connectivity index (χ0n) is 11.7. The van der Waals surface area contributed by atoms with Crippen LogP contribution in [-0.4, -0.2) is 25.3 Å². The molecule has 3 rings (SSSR count). The van der Waals surface area contributed by atoms with Crippen LogP contribution in [0.15, 0.2) is 12.1 Å². The Labute approximate surface area is 125 Å². The molecule has 2 atom stereocenters.